The van der Waals surface area contributed by atoms with Crippen LogP contribution in [0.3, 0.4) is 0 Å². The van der Waals surface area contributed by atoms with Gasteiger partial charge in [0.2, 0.25) is 5.91 Å². The summed E-state index contributed by atoms with van der Waals surface area (Å²) in [6.07, 6.45) is 9.30. The number of amides is 2. The third-order valence-electron chi connectivity index (χ3n) is 7.64. The number of para-hydroxylation sites is 1. The molecular weight excluding hydrogens is 450 g/mol. The fraction of sp³-hybridized carbons (Fsp3) is 0.333. The van der Waals surface area contributed by atoms with Gasteiger partial charge >= 0.3 is 0 Å². The Hall–Kier alpha value is -3.80. The van der Waals surface area contributed by atoms with E-state index in [1.54, 1.807) is 19.1 Å². The van der Waals surface area contributed by atoms with Gasteiger partial charge in [-0.25, -0.2) is 0 Å². The van der Waals surface area contributed by atoms with Crippen LogP contribution in [0.4, 0.5) is 0 Å². The number of aromatic amines is 1. The van der Waals surface area contributed by atoms with Gasteiger partial charge in [0, 0.05) is 35.5 Å². The molecule has 0 saturated heterocycles. The van der Waals surface area contributed by atoms with Crippen LogP contribution in [-0.4, -0.2) is 28.9 Å². The van der Waals surface area contributed by atoms with Crippen molar-refractivity contribution in [1.82, 2.24) is 15.6 Å². The molecule has 0 aliphatic heterocycles. The maximum Gasteiger partial charge on any atom is 0.287 e. The first-order valence-electron chi connectivity index (χ1n) is 12.7. The molecule has 5 rings (SSSR count). The lowest BCUT2D eigenvalue weighted by Crippen LogP contribution is -2.59. The molecule has 1 aliphatic carbocycles. The molecule has 4 aromatic rings. The second-order valence-electron chi connectivity index (χ2n) is 10.2. The Morgan fingerprint density at radius 2 is 1.72 bits per heavy atom. The number of hydrogen-bond acceptors (Lipinski definition) is 3. The maximum absolute atomic E-state index is 13.9. The minimum Gasteiger partial charge on any atom is -0.459 e. The minimum absolute atomic E-state index is 0.0954. The van der Waals surface area contributed by atoms with Gasteiger partial charge in [-0.2, -0.15) is 0 Å². The monoisotopic (exact) mass is 483 g/mol. The third-order valence-corrected chi connectivity index (χ3v) is 7.64. The quantitative estimate of drug-likeness (QED) is 0.309. The zero-order valence-corrected chi connectivity index (χ0v) is 20.7. The number of fused-ring (bicyclic) bond motifs is 1. The number of carbonyl (C=O) groups is 2. The van der Waals surface area contributed by atoms with Gasteiger partial charge in [-0.1, -0.05) is 67.8 Å². The van der Waals surface area contributed by atoms with E-state index < -0.39 is 11.4 Å². The molecule has 1 fully saturated rings. The van der Waals surface area contributed by atoms with Gasteiger partial charge in [0.25, 0.3) is 5.91 Å². The molecule has 0 radical (unpaired) electrons. The lowest BCUT2D eigenvalue weighted by molar-refractivity contribution is -0.127. The first-order valence-corrected chi connectivity index (χ1v) is 12.7. The summed E-state index contributed by atoms with van der Waals surface area (Å²) in [5.41, 5.74) is 1.96. The molecule has 2 aromatic carbocycles. The lowest BCUT2D eigenvalue weighted by Gasteiger charge is -2.39. The van der Waals surface area contributed by atoms with Crippen LogP contribution in [0.1, 0.15) is 60.7 Å². The highest BCUT2D eigenvalue weighted by Gasteiger charge is 2.40. The predicted octanol–water partition coefficient (Wildman–Crippen LogP) is 5.51. The van der Waals surface area contributed by atoms with Gasteiger partial charge < -0.3 is 20.0 Å². The number of hydrogen-bond donors (Lipinski definition) is 3. The van der Waals surface area contributed by atoms with Crippen LogP contribution in [0.5, 0.6) is 0 Å². The highest BCUT2D eigenvalue weighted by molar-refractivity contribution is 5.98. The van der Waals surface area contributed by atoms with E-state index in [9.17, 15) is 9.59 Å². The average Bonchev–Trinajstić information content (AvgIpc) is 3.59. The van der Waals surface area contributed by atoms with Crippen molar-refractivity contribution < 1.29 is 14.0 Å². The molecule has 1 saturated carbocycles. The highest BCUT2D eigenvalue weighted by atomic mass is 16.3. The Kier molecular flexibility index (Phi) is 6.68. The van der Waals surface area contributed by atoms with Crippen molar-refractivity contribution >= 4 is 22.7 Å². The van der Waals surface area contributed by atoms with Gasteiger partial charge in [-0.05, 0) is 49.1 Å². The summed E-state index contributed by atoms with van der Waals surface area (Å²) in [5.74, 6) is -0.428. The van der Waals surface area contributed by atoms with Crippen LogP contribution < -0.4 is 10.6 Å². The van der Waals surface area contributed by atoms with E-state index in [1.807, 2.05) is 36.5 Å². The number of nitrogens with one attached hydrogen (secondary N) is 3. The van der Waals surface area contributed by atoms with Gasteiger partial charge in [0.1, 0.15) is 5.54 Å². The minimum atomic E-state index is -1.18. The van der Waals surface area contributed by atoms with Crippen LogP contribution in [0.2, 0.25) is 0 Å². The molecule has 1 aliphatic rings. The third kappa shape index (κ3) is 4.81. The SMILES string of the molecule is CC(Cc1c[nH]c2ccccc12)(NC(=O)c1ccco1)C(=O)NCC1(c2ccccc2)CCCCC1. The van der Waals surface area contributed by atoms with Crippen molar-refractivity contribution in [3.05, 3.63) is 96.1 Å². The summed E-state index contributed by atoms with van der Waals surface area (Å²) >= 11 is 0. The standard InChI is InChI=1S/C30H33N3O3/c1-29(33-27(34)26-15-10-18-36-26,19-22-20-31-25-14-7-6-13-24(22)25)28(35)32-21-30(16-8-3-9-17-30)23-11-4-2-5-12-23/h2,4-7,10-15,18,20,31H,3,8-9,16-17,19,21H2,1H3,(H,32,35)(H,33,34). The van der Waals surface area contributed by atoms with Crippen LogP contribution >= 0.6 is 0 Å². The Bertz CT molecular complexity index is 1320. The van der Waals surface area contributed by atoms with E-state index in [0.717, 1.165) is 42.1 Å². The van der Waals surface area contributed by atoms with Crippen LogP contribution in [0.25, 0.3) is 10.9 Å². The second-order valence-corrected chi connectivity index (χ2v) is 10.2. The number of aromatic nitrogens is 1. The van der Waals surface area contributed by atoms with Gasteiger partial charge in [0.15, 0.2) is 5.76 Å². The molecule has 186 valence electrons. The smallest absolute Gasteiger partial charge is 0.287 e. The number of benzene rings is 2. The molecule has 3 N–H and O–H groups in total. The summed E-state index contributed by atoms with van der Waals surface area (Å²) < 4.78 is 5.31. The van der Waals surface area contributed by atoms with Crippen molar-refractivity contribution in [3.8, 4) is 0 Å². The number of furan rings is 1. The van der Waals surface area contributed by atoms with Gasteiger partial charge in [0.05, 0.1) is 6.26 Å². The fourth-order valence-electron chi connectivity index (χ4n) is 5.59. The molecule has 0 spiro atoms. The van der Waals surface area contributed by atoms with Crippen LogP contribution in [0.15, 0.2) is 83.6 Å². The lowest BCUT2D eigenvalue weighted by atomic mass is 9.69. The Balaban J connectivity index is 1.42. The molecule has 0 bridgehead atoms. The second kappa shape index (κ2) is 10.1. The summed E-state index contributed by atoms with van der Waals surface area (Å²) in [7, 11) is 0. The first-order chi connectivity index (χ1) is 17.5. The van der Waals surface area contributed by atoms with Crippen molar-refractivity contribution in [2.45, 2.75) is 56.4 Å². The van der Waals surface area contributed by atoms with Gasteiger partial charge in [-0.3, -0.25) is 9.59 Å². The first kappa shape index (κ1) is 23.9. The van der Waals surface area contributed by atoms with E-state index >= 15 is 0 Å². The van der Waals surface area contributed by atoms with E-state index in [0.29, 0.717) is 13.0 Å². The largest absolute Gasteiger partial charge is 0.459 e. The molecule has 6 heteroatoms. The summed E-state index contributed by atoms with van der Waals surface area (Å²) in [5, 5.41) is 7.27. The van der Waals surface area contributed by atoms with Crippen molar-refractivity contribution in [2.75, 3.05) is 6.54 Å². The van der Waals surface area contributed by atoms with E-state index in [1.165, 1.54) is 18.2 Å². The van der Waals surface area contributed by atoms with E-state index in [2.05, 4.69) is 39.9 Å². The van der Waals surface area contributed by atoms with Crippen molar-refractivity contribution in [2.24, 2.45) is 0 Å². The summed E-state index contributed by atoms with van der Waals surface area (Å²) in [6.45, 7) is 2.33. The van der Waals surface area contributed by atoms with E-state index in [4.69, 9.17) is 4.42 Å². The molecule has 1 unspecified atom stereocenters. The molecule has 1 atom stereocenters. The van der Waals surface area contributed by atoms with Gasteiger partial charge in [-0.15, -0.1) is 0 Å². The Morgan fingerprint density at radius 3 is 2.47 bits per heavy atom. The number of rotatable bonds is 8. The van der Waals surface area contributed by atoms with Crippen molar-refractivity contribution in [1.29, 1.82) is 0 Å². The topological polar surface area (TPSA) is 87.1 Å². The normalized spacial score (nSPS) is 16.8. The zero-order valence-electron chi connectivity index (χ0n) is 20.7. The van der Waals surface area contributed by atoms with Crippen LogP contribution in [0, 0.1) is 0 Å². The summed E-state index contributed by atoms with van der Waals surface area (Å²) in [4.78, 5) is 30.2. The number of carbonyl (C=O) groups excluding carboxylic acids is 2. The molecule has 36 heavy (non-hydrogen) atoms. The van der Waals surface area contributed by atoms with E-state index in [-0.39, 0.29) is 17.1 Å². The average molecular weight is 484 g/mol. The zero-order chi connectivity index (χ0) is 25.0. The molecular formula is C30H33N3O3. The Morgan fingerprint density at radius 1 is 0.972 bits per heavy atom. The van der Waals surface area contributed by atoms with Crippen LogP contribution in [-0.2, 0) is 16.6 Å². The molecule has 2 amide bonds. The molecule has 2 aromatic heterocycles. The molecule has 6 nitrogen and oxygen atoms in total. The van der Waals surface area contributed by atoms with Crippen molar-refractivity contribution in [3.63, 3.8) is 0 Å². The predicted molar refractivity (Wildman–Crippen MR) is 141 cm³/mol. The number of H-pyrrole nitrogens is 1. The highest BCUT2D eigenvalue weighted by Crippen LogP contribution is 2.39. The molecule has 2 heterocycles. The summed E-state index contributed by atoms with van der Waals surface area (Å²) in [6, 6.07) is 21.8. The Labute approximate surface area is 211 Å². The fourth-order valence-corrected chi connectivity index (χ4v) is 5.59. The maximum atomic E-state index is 13.9.